The summed E-state index contributed by atoms with van der Waals surface area (Å²) in [5, 5.41) is 0. The van der Waals surface area contributed by atoms with Crippen molar-refractivity contribution in [3.8, 4) is 5.75 Å². The molecule has 0 spiro atoms. The number of unbranched alkanes of at least 4 members (excludes halogenated alkanes) is 2. The Morgan fingerprint density at radius 3 is 2.95 bits per heavy atom. The molecule has 1 aliphatic heterocycles. The standard InChI is InChI=1S/C18H30N2O/c1-2-3-6-12-21-18-10-5-4-9-17(18)15-20-11-7-8-16(13-19)14-20/h4-5,9-10,16H,2-3,6-8,11-15,19H2,1H3. The van der Waals surface area contributed by atoms with Gasteiger partial charge >= 0.3 is 0 Å². The molecule has 3 heteroatoms. The Bertz CT molecular complexity index is 408. The summed E-state index contributed by atoms with van der Waals surface area (Å²) in [5.74, 6) is 1.72. The first kappa shape index (κ1) is 16.3. The van der Waals surface area contributed by atoms with Crippen molar-refractivity contribution in [1.29, 1.82) is 0 Å². The molecular formula is C18H30N2O. The van der Waals surface area contributed by atoms with E-state index in [1.807, 2.05) is 0 Å². The molecule has 0 aliphatic carbocycles. The number of piperidine rings is 1. The Kier molecular flexibility index (Phi) is 7.04. The van der Waals surface area contributed by atoms with Crippen LogP contribution in [-0.4, -0.2) is 31.1 Å². The van der Waals surface area contributed by atoms with E-state index >= 15 is 0 Å². The van der Waals surface area contributed by atoms with Crippen molar-refractivity contribution in [2.45, 2.75) is 45.6 Å². The van der Waals surface area contributed by atoms with Gasteiger partial charge in [-0.15, -0.1) is 0 Å². The number of para-hydroxylation sites is 1. The molecular weight excluding hydrogens is 260 g/mol. The maximum atomic E-state index is 5.98. The monoisotopic (exact) mass is 290 g/mol. The number of hydrogen-bond donors (Lipinski definition) is 1. The van der Waals surface area contributed by atoms with E-state index in [1.165, 1.54) is 37.8 Å². The Labute approximate surface area is 129 Å². The molecule has 1 atom stereocenters. The topological polar surface area (TPSA) is 38.5 Å². The number of ether oxygens (including phenoxy) is 1. The molecule has 118 valence electrons. The van der Waals surface area contributed by atoms with Gasteiger partial charge < -0.3 is 10.5 Å². The molecule has 2 rings (SSSR count). The lowest BCUT2D eigenvalue weighted by Crippen LogP contribution is -2.37. The van der Waals surface area contributed by atoms with Crippen LogP contribution in [0.2, 0.25) is 0 Å². The van der Waals surface area contributed by atoms with E-state index in [0.29, 0.717) is 5.92 Å². The molecule has 21 heavy (non-hydrogen) atoms. The molecule has 0 aromatic heterocycles. The van der Waals surface area contributed by atoms with Crippen molar-refractivity contribution in [2.24, 2.45) is 11.7 Å². The number of benzene rings is 1. The van der Waals surface area contributed by atoms with Crippen LogP contribution in [0.5, 0.6) is 5.75 Å². The molecule has 1 unspecified atom stereocenters. The molecule has 1 aromatic rings. The van der Waals surface area contributed by atoms with Gasteiger partial charge in [0.15, 0.2) is 0 Å². The van der Waals surface area contributed by atoms with Crippen molar-refractivity contribution in [2.75, 3.05) is 26.2 Å². The van der Waals surface area contributed by atoms with Gasteiger partial charge in [0.1, 0.15) is 5.75 Å². The first-order valence-electron chi connectivity index (χ1n) is 8.46. The van der Waals surface area contributed by atoms with Crippen LogP contribution in [0.4, 0.5) is 0 Å². The predicted molar refractivity (Wildman–Crippen MR) is 88.5 cm³/mol. The summed E-state index contributed by atoms with van der Waals surface area (Å²) < 4.78 is 5.98. The zero-order valence-electron chi connectivity index (χ0n) is 13.4. The molecule has 0 amide bonds. The van der Waals surface area contributed by atoms with Crippen molar-refractivity contribution in [3.63, 3.8) is 0 Å². The zero-order chi connectivity index (χ0) is 14.9. The van der Waals surface area contributed by atoms with Gasteiger partial charge in [0, 0.05) is 18.7 Å². The number of nitrogens with zero attached hydrogens (tertiary/aromatic N) is 1. The zero-order valence-corrected chi connectivity index (χ0v) is 13.4. The highest BCUT2D eigenvalue weighted by atomic mass is 16.5. The number of rotatable bonds is 8. The second kappa shape index (κ2) is 9.06. The second-order valence-electron chi connectivity index (χ2n) is 6.14. The van der Waals surface area contributed by atoms with E-state index in [4.69, 9.17) is 10.5 Å². The Balaban J connectivity index is 1.89. The van der Waals surface area contributed by atoms with Gasteiger partial charge in [0.05, 0.1) is 6.61 Å². The van der Waals surface area contributed by atoms with Crippen LogP contribution < -0.4 is 10.5 Å². The molecule has 1 fully saturated rings. The fourth-order valence-electron chi connectivity index (χ4n) is 3.04. The number of likely N-dealkylation sites (tertiary alicyclic amines) is 1. The van der Waals surface area contributed by atoms with Crippen LogP contribution in [0, 0.1) is 5.92 Å². The highest BCUT2D eigenvalue weighted by Gasteiger charge is 2.19. The Morgan fingerprint density at radius 2 is 2.14 bits per heavy atom. The minimum atomic E-state index is 0.663. The maximum Gasteiger partial charge on any atom is 0.123 e. The lowest BCUT2D eigenvalue weighted by molar-refractivity contribution is 0.168. The number of nitrogens with two attached hydrogens (primary N) is 1. The third kappa shape index (κ3) is 5.33. The van der Waals surface area contributed by atoms with Crippen LogP contribution in [-0.2, 0) is 6.54 Å². The first-order valence-corrected chi connectivity index (χ1v) is 8.46. The lowest BCUT2D eigenvalue weighted by Gasteiger charge is -2.32. The van der Waals surface area contributed by atoms with E-state index in [0.717, 1.165) is 38.4 Å². The van der Waals surface area contributed by atoms with Crippen LogP contribution in [0.25, 0.3) is 0 Å². The molecule has 3 nitrogen and oxygen atoms in total. The van der Waals surface area contributed by atoms with E-state index in [-0.39, 0.29) is 0 Å². The molecule has 1 aromatic carbocycles. The molecule has 0 radical (unpaired) electrons. The van der Waals surface area contributed by atoms with Gasteiger partial charge in [-0.05, 0) is 44.3 Å². The fourth-order valence-corrected chi connectivity index (χ4v) is 3.04. The quantitative estimate of drug-likeness (QED) is 0.746. The van der Waals surface area contributed by atoms with Crippen LogP contribution in [0.15, 0.2) is 24.3 Å². The SMILES string of the molecule is CCCCCOc1ccccc1CN1CCCC(CN)C1. The Morgan fingerprint density at radius 1 is 1.29 bits per heavy atom. The molecule has 2 N–H and O–H groups in total. The van der Waals surface area contributed by atoms with Crippen molar-refractivity contribution >= 4 is 0 Å². The van der Waals surface area contributed by atoms with Crippen LogP contribution in [0.1, 0.15) is 44.6 Å². The smallest absolute Gasteiger partial charge is 0.123 e. The third-order valence-electron chi connectivity index (χ3n) is 4.31. The van der Waals surface area contributed by atoms with Crippen molar-refractivity contribution in [3.05, 3.63) is 29.8 Å². The Hall–Kier alpha value is -1.06. The molecule has 1 saturated heterocycles. The van der Waals surface area contributed by atoms with Gasteiger partial charge in [-0.3, -0.25) is 4.90 Å². The van der Waals surface area contributed by atoms with Gasteiger partial charge in [-0.1, -0.05) is 38.0 Å². The molecule has 1 aliphatic rings. The molecule has 1 heterocycles. The second-order valence-corrected chi connectivity index (χ2v) is 6.14. The largest absolute Gasteiger partial charge is 0.493 e. The summed E-state index contributed by atoms with van der Waals surface area (Å²) in [6.45, 7) is 7.15. The van der Waals surface area contributed by atoms with E-state index in [1.54, 1.807) is 0 Å². The maximum absolute atomic E-state index is 5.98. The summed E-state index contributed by atoms with van der Waals surface area (Å²) in [6.07, 6.45) is 6.17. The highest BCUT2D eigenvalue weighted by Crippen LogP contribution is 2.23. The lowest BCUT2D eigenvalue weighted by atomic mass is 9.98. The van der Waals surface area contributed by atoms with E-state index < -0.39 is 0 Å². The summed E-state index contributed by atoms with van der Waals surface area (Å²) in [4.78, 5) is 2.52. The highest BCUT2D eigenvalue weighted by molar-refractivity contribution is 5.33. The van der Waals surface area contributed by atoms with E-state index in [9.17, 15) is 0 Å². The van der Waals surface area contributed by atoms with Gasteiger partial charge in [0.2, 0.25) is 0 Å². The normalized spacial score (nSPS) is 19.6. The van der Waals surface area contributed by atoms with Gasteiger partial charge in [-0.2, -0.15) is 0 Å². The average molecular weight is 290 g/mol. The summed E-state index contributed by atoms with van der Waals surface area (Å²) in [5.41, 5.74) is 7.14. The minimum absolute atomic E-state index is 0.663. The van der Waals surface area contributed by atoms with Crippen LogP contribution >= 0.6 is 0 Å². The average Bonchev–Trinajstić information content (AvgIpc) is 2.53. The van der Waals surface area contributed by atoms with Crippen molar-refractivity contribution < 1.29 is 4.74 Å². The molecule has 0 saturated carbocycles. The van der Waals surface area contributed by atoms with Gasteiger partial charge in [-0.25, -0.2) is 0 Å². The fraction of sp³-hybridized carbons (Fsp3) is 0.667. The summed E-state index contributed by atoms with van der Waals surface area (Å²) in [6, 6.07) is 8.48. The predicted octanol–water partition coefficient (Wildman–Crippen LogP) is 3.43. The summed E-state index contributed by atoms with van der Waals surface area (Å²) >= 11 is 0. The summed E-state index contributed by atoms with van der Waals surface area (Å²) in [7, 11) is 0. The van der Waals surface area contributed by atoms with Gasteiger partial charge in [0.25, 0.3) is 0 Å². The molecule has 0 bridgehead atoms. The first-order chi connectivity index (χ1) is 10.3. The number of hydrogen-bond acceptors (Lipinski definition) is 3. The van der Waals surface area contributed by atoms with E-state index in [2.05, 4.69) is 36.1 Å². The van der Waals surface area contributed by atoms with Crippen LogP contribution in [0.3, 0.4) is 0 Å². The van der Waals surface area contributed by atoms with Crippen molar-refractivity contribution in [1.82, 2.24) is 4.90 Å². The third-order valence-corrected chi connectivity index (χ3v) is 4.31. The minimum Gasteiger partial charge on any atom is -0.493 e.